The van der Waals surface area contributed by atoms with Crippen molar-refractivity contribution in [1.82, 2.24) is 9.80 Å². The number of hydrogen-bond donors (Lipinski definition) is 1. The summed E-state index contributed by atoms with van der Waals surface area (Å²) in [6, 6.07) is 17.2. The summed E-state index contributed by atoms with van der Waals surface area (Å²) in [5.41, 5.74) is 0.950. The van der Waals surface area contributed by atoms with Gasteiger partial charge in [0, 0.05) is 32.7 Å². The summed E-state index contributed by atoms with van der Waals surface area (Å²) in [5, 5.41) is 10.3. The zero-order chi connectivity index (χ0) is 19.3. The van der Waals surface area contributed by atoms with Crippen molar-refractivity contribution in [3.8, 4) is 11.5 Å². The van der Waals surface area contributed by atoms with E-state index in [1.54, 1.807) is 0 Å². The van der Waals surface area contributed by atoms with Gasteiger partial charge in [-0.3, -0.25) is 9.69 Å². The SMILES string of the molecule is O=C([C@H]1COc2ccccc2O1)N1CCN(CC[C@@H](O)c2ccccc2)CC1. The van der Waals surface area contributed by atoms with Gasteiger partial charge in [-0.2, -0.15) is 0 Å². The maximum atomic E-state index is 12.8. The van der Waals surface area contributed by atoms with E-state index in [0.717, 1.165) is 25.2 Å². The quantitative estimate of drug-likeness (QED) is 0.858. The maximum absolute atomic E-state index is 12.8. The number of benzene rings is 2. The third-order valence-corrected chi connectivity index (χ3v) is 5.37. The van der Waals surface area contributed by atoms with E-state index < -0.39 is 12.2 Å². The number of rotatable bonds is 5. The van der Waals surface area contributed by atoms with E-state index in [2.05, 4.69) is 4.90 Å². The first-order valence-electron chi connectivity index (χ1n) is 9.83. The topological polar surface area (TPSA) is 62.2 Å². The fraction of sp³-hybridized carbons (Fsp3) is 0.409. The molecule has 0 radical (unpaired) electrons. The third kappa shape index (κ3) is 4.29. The highest BCUT2D eigenvalue weighted by atomic mass is 16.6. The van der Waals surface area contributed by atoms with E-state index in [9.17, 15) is 9.90 Å². The number of hydrogen-bond acceptors (Lipinski definition) is 5. The molecule has 0 unspecified atom stereocenters. The van der Waals surface area contributed by atoms with Crippen LogP contribution in [0, 0.1) is 0 Å². The average molecular weight is 382 g/mol. The molecule has 28 heavy (non-hydrogen) atoms. The van der Waals surface area contributed by atoms with Gasteiger partial charge in [-0.15, -0.1) is 0 Å². The number of amides is 1. The van der Waals surface area contributed by atoms with Crippen LogP contribution in [0.4, 0.5) is 0 Å². The Bertz CT molecular complexity index is 790. The summed E-state index contributed by atoms with van der Waals surface area (Å²) in [6.07, 6.45) is -0.344. The summed E-state index contributed by atoms with van der Waals surface area (Å²) in [4.78, 5) is 16.9. The molecule has 1 saturated heterocycles. The van der Waals surface area contributed by atoms with Crippen LogP contribution in [0.15, 0.2) is 54.6 Å². The van der Waals surface area contributed by atoms with E-state index in [1.807, 2.05) is 59.5 Å². The highest BCUT2D eigenvalue weighted by Crippen LogP contribution is 2.31. The minimum Gasteiger partial charge on any atom is -0.485 e. The van der Waals surface area contributed by atoms with Crippen molar-refractivity contribution in [1.29, 1.82) is 0 Å². The molecule has 6 nitrogen and oxygen atoms in total. The molecule has 2 aromatic carbocycles. The predicted molar refractivity (Wildman–Crippen MR) is 105 cm³/mol. The lowest BCUT2D eigenvalue weighted by molar-refractivity contribution is -0.143. The van der Waals surface area contributed by atoms with Gasteiger partial charge in [0.1, 0.15) is 6.61 Å². The Morgan fingerprint density at radius 2 is 1.68 bits per heavy atom. The summed E-state index contributed by atoms with van der Waals surface area (Å²) in [6.45, 7) is 4.01. The largest absolute Gasteiger partial charge is 0.485 e. The molecule has 6 heteroatoms. The number of aliphatic hydroxyl groups is 1. The molecule has 0 spiro atoms. The lowest BCUT2D eigenvalue weighted by Gasteiger charge is -2.37. The fourth-order valence-electron chi connectivity index (χ4n) is 3.68. The van der Waals surface area contributed by atoms with Crippen molar-refractivity contribution in [2.75, 3.05) is 39.3 Å². The van der Waals surface area contributed by atoms with Gasteiger partial charge < -0.3 is 19.5 Å². The number of carbonyl (C=O) groups is 1. The summed E-state index contributed by atoms with van der Waals surface area (Å²) in [5.74, 6) is 1.30. The third-order valence-electron chi connectivity index (χ3n) is 5.37. The van der Waals surface area contributed by atoms with Gasteiger partial charge in [-0.05, 0) is 24.1 Å². The maximum Gasteiger partial charge on any atom is 0.267 e. The summed E-state index contributed by atoms with van der Waals surface area (Å²) < 4.78 is 11.5. The molecule has 2 heterocycles. The van der Waals surface area contributed by atoms with E-state index in [1.165, 1.54) is 0 Å². The lowest BCUT2D eigenvalue weighted by atomic mass is 10.1. The molecule has 1 N–H and O–H groups in total. The fourth-order valence-corrected chi connectivity index (χ4v) is 3.68. The Balaban J connectivity index is 1.23. The van der Waals surface area contributed by atoms with Crippen LogP contribution >= 0.6 is 0 Å². The minimum atomic E-state index is -0.582. The van der Waals surface area contributed by atoms with Gasteiger partial charge in [0.25, 0.3) is 5.91 Å². The second-order valence-corrected chi connectivity index (χ2v) is 7.25. The van der Waals surface area contributed by atoms with Crippen LogP contribution in [-0.2, 0) is 4.79 Å². The number of piperazine rings is 1. The molecule has 2 aromatic rings. The first-order chi connectivity index (χ1) is 13.7. The van der Waals surface area contributed by atoms with E-state index >= 15 is 0 Å². The van der Waals surface area contributed by atoms with Gasteiger partial charge in [-0.25, -0.2) is 0 Å². The number of para-hydroxylation sites is 2. The van der Waals surface area contributed by atoms with Crippen molar-refractivity contribution in [3.63, 3.8) is 0 Å². The van der Waals surface area contributed by atoms with Crippen molar-refractivity contribution < 1.29 is 19.4 Å². The Labute approximate surface area is 165 Å². The van der Waals surface area contributed by atoms with Crippen LogP contribution in [0.2, 0.25) is 0 Å². The Kier molecular flexibility index (Phi) is 5.78. The van der Waals surface area contributed by atoms with Crippen LogP contribution in [0.25, 0.3) is 0 Å². The summed E-state index contributed by atoms with van der Waals surface area (Å²) in [7, 11) is 0. The second kappa shape index (κ2) is 8.63. The highest BCUT2D eigenvalue weighted by Gasteiger charge is 2.32. The van der Waals surface area contributed by atoms with Crippen LogP contribution < -0.4 is 9.47 Å². The van der Waals surface area contributed by atoms with E-state index in [-0.39, 0.29) is 12.5 Å². The van der Waals surface area contributed by atoms with E-state index in [0.29, 0.717) is 31.0 Å². The molecule has 1 fully saturated rings. The van der Waals surface area contributed by atoms with Gasteiger partial charge in [0.15, 0.2) is 11.5 Å². The molecule has 2 aliphatic rings. The molecule has 2 aliphatic heterocycles. The Morgan fingerprint density at radius 3 is 2.43 bits per heavy atom. The van der Waals surface area contributed by atoms with Gasteiger partial charge in [-0.1, -0.05) is 42.5 Å². The van der Waals surface area contributed by atoms with E-state index in [4.69, 9.17) is 9.47 Å². The van der Waals surface area contributed by atoms with Crippen molar-refractivity contribution >= 4 is 5.91 Å². The molecule has 148 valence electrons. The first-order valence-corrected chi connectivity index (χ1v) is 9.83. The van der Waals surface area contributed by atoms with Gasteiger partial charge in [0.05, 0.1) is 6.10 Å². The number of aliphatic hydroxyl groups excluding tert-OH is 1. The molecule has 2 atom stereocenters. The zero-order valence-corrected chi connectivity index (χ0v) is 15.9. The standard InChI is InChI=1S/C22H26N2O4/c25-18(17-6-2-1-3-7-17)10-11-23-12-14-24(15-13-23)22(26)21-16-27-19-8-4-5-9-20(19)28-21/h1-9,18,21,25H,10-16H2/t18-,21-/m1/s1. The van der Waals surface area contributed by atoms with Crippen molar-refractivity contribution in [3.05, 3.63) is 60.2 Å². The smallest absolute Gasteiger partial charge is 0.267 e. The van der Waals surface area contributed by atoms with Crippen LogP contribution in [0.1, 0.15) is 18.1 Å². The van der Waals surface area contributed by atoms with Crippen LogP contribution in [0.3, 0.4) is 0 Å². The second-order valence-electron chi connectivity index (χ2n) is 7.25. The zero-order valence-electron chi connectivity index (χ0n) is 15.9. The van der Waals surface area contributed by atoms with Gasteiger partial charge >= 0.3 is 0 Å². The molecule has 0 aromatic heterocycles. The molecular weight excluding hydrogens is 356 g/mol. The molecule has 0 saturated carbocycles. The number of ether oxygens (including phenoxy) is 2. The molecule has 1 amide bonds. The Hall–Kier alpha value is -2.57. The van der Waals surface area contributed by atoms with Crippen LogP contribution in [-0.4, -0.2) is 66.2 Å². The Morgan fingerprint density at radius 1 is 1.00 bits per heavy atom. The van der Waals surface area contributed by atoms with Crippen LogP contribution in [0.5, 0.6) is 11.5 Å². The highest BCUT2D eigenvalue weighted by molar-refractivity contribution is 5.82. The average Bonchev–Trinajstić information content (AvgIpc) is 2.77. The predicted octanol–water partition coefficient (Wildman–Crippen LogP) is 2.09. The number of carbonyl (C=O) groups excluding carboxylic acids is 1. The number of nitrogens with zero attached hydrogens (tertiary/aromatic N) is 2. The molecular formula is C22H26N2O4. The molecule has 0 bridgehead atoms. The first kappa shape index (κ1) is 18.8. The van der Waals surface area contributed by atoms with Crippen molar-refractivity contribution in [2.45, 2.75) is 18.6 Å². The van der Waals surface area contributed by atoms with Gasteiger partial charge in [0.2, 0.25) is 6.10 Å². The monoisotopic (exact) mass is 382 g/mol. The van der Waals surface area contributed by atoms with Crippen molar-refractivity contribution in [2.24, 2.45) is 0 Å². The molecule has 0 aliphatic carbocycles. The lowest BCUT2D eigenvalue weighted by Crippen LogP contribution is -2.54. The minimum absolute atomic E-state index is 0.0153. The number of fused-ring (bicyclic) bond motifs is 1. The normalized spacial score (nSPS) is 20.6. The summed E-state index contributed by atoms with van der Waals surface area (Å²) >= 11 is 0. The molecule has 4 rings (SSSR count).